The standard InChI is InChI=1S/C24H25ClOS/c1-17-13-14-19(16-22(17)25)24-21(10-6-12-23(24)26-2)20(11-7-15-27)18-8-4-3-5-9-18/h3-6,8-10,12-14,16,20,27H,7,11,15H2,1-2H3. The Morgan fingerprint density at radius 3 is 2.44 bits per heavy atom. The number of methoxy groups -OCH3 is 1. The van der Waals surface area contributed by atoms with Gasteiger partial charge < -0.3 is 4.74 Å². The molecular weight excluding hydrogens is 372 g/mol. The van der Waals surface area contributed by atoms with Gasteiger partial charge in [0.2, 0.25) is 0 Å². The summed E-state index contributed by atoms with van der Waals surface area (Å²) < 4.78 is 5.74. The van der Waals surface area contributed by atoms with Crippen molar-refractivity contribution in [3.8, 4) is 16.9 Å². The third-order valence-corrected chi connectivity index (χ3v) is 5.69. The third-order valence-electron chi connectivity index (χ3n) is 4.97. The SMILES string of the molecule is COc1cccc(C(CCCS)c2ccccc2)c1-c1ccc(C)c(Cl)c1. The Kier molecular flexibility index (Phi) is 6.87. The minimum absolute atomic E-state index is 0.281. The molecular formula is C24H25ClOS. The fraction of sp³-hybridized carbons (Fsp3) is 0.250. The van der Waals surface area contributed by atoms with Crippen LogP contribution in [0.3, 0.4) is 0 Å². The molecule has 0 spiro atoms. The largest absolute Gasteiger partial charge is 0.496 e. The summed E-state index contributed by atoms with van der Waals surface area (Å²) >= 11 is 10.9. The van der Waals surface area contributed by atoms with Gasteiger partial charge in [-0.15, -0.1) is 0 Å². The monoisotopic (exact) mass is 396 g/mol. The molecule has 0 amide bonds. The van der Waals surface area contributed by atoms with Crippen LogP contribution in [0.1, 0.15) is 35.4 Å². The Morgan fingerprint density at radius 1 is 1.00 bits per heavy atom. The van der Waals surface area contributed by atoms with Crippen LogP contribution in [0.25, 0.3) is 11.1 Å². The van der Waals surface area contributed by atoms with E-state index in [0.29, 0.717) is 0 Å². The summed E-state index contributed by atoms with van der Waals surface area (Å²) in [7, 11) is 1.73. The van der Waals surface area contributed by atoms with E-state index in [1.54, 1.807) is 7.11 Å². The van der Waals surface area contributed by atoms with Crippen LogP contribution in [-0.2, 0) is 0 Å². The van der Waals surface area contributed by atoms with Crippen LogP contribution in [-0.4, -0.2) is 12.9 Å². The van der Waals surface area contributed by atoms with E-state index >= 15 is 0 Å². The normalized spacial score (nSPS) is 12.0. The maximum Gasteiger partial charge on any atom is 0.126 e. The zero-order valence-corrected chi connectivity index (χ0v) is 17.4. The number of hydrogen-bond donors (Lipinski definition) is 1. The van der Waals surface area contributed by atoms with E-state index in [4.69, 9.17) is 16.3 Å². The van der Waals surface area contributed by atoms with Crippen LogP contribution >= 0.6 is 24.2 Å². The molecule has 27 heavy (non-hydrogen) atoms. The minimum atomic E-state index is 0.281. The summed E-state index contributed by atoms with van der Waals surface area (Å²) in [6.07, 6.45) is 2.08. The van der Waals surface area contributed by atoms with Crippen LogP contribution in [0.15, 0.2) is 66.7 Å². The number of aryl methyl sites for hydroxylation is 1. The molecule has 1 nitrogen and oxygen atoms in total. The Balaban J connectivity index is 2.19. The first-order valence-electron chi connectivity index (χ1n) is 9.25. The van der Waals surface area contributed by atoms with Crippen molar-refractivity contribution in [2.24, 2.45) is 0 Å². The maximum absolute atomic E-state index is 6.44. The second-order valence-corrected chi connectivity index (χ2v) is 7.57. The molecule has 1 unspecified atom stereocenters. The number of benzene rings is 3. The van der Waals surface area contributed by atoms with Gasteiger partial charge in [-0.05, 0) is 59.9 Å². The zero-order valence-electron chi connectivity index (χ0n) is 15.8. The van der Waals surface area contributed by atoms with Crippen molar-refractivity contribution >= 4 is 24.2 Å². The molecule has 3 rings (SSSR count). The predicted molar refractivity (Wildman–Crippen MR) is 120 cm³/mol. The van der Waals surface area contributed by atoms with Gasteiger partial charge in [0.25, 0.3) is 0 Å². The van der Waals surface area contributed by atoms with E-state index in [0.717, 1.165) is 46.1 Å². The summed E-state index contributed by atoms with van der Waals surface area (Å²) in [5.74, 6) is 2.03. The quantitative estimate of drug-likeness (QED) is 0.416. The molecule has 0 aliphatic carbocycles. The van der Waals surface area contributed by atoms with Crippen molar-refractivity contribution < 1.29 is 4.74 Å². The first kappa shape index (κ1) is 19.9. The van der Waals surface area contributed by atoms with Crippen molar-refractivity contribution in [3.05, 3.63) is 88.4 Å². The topological polar surface area (TPSA) is 9.23 Å². The van der Waals surface area contributed by atoms with Gasteiger partial charge in [0.15, 0.2) is 0 Å². The van der Waals surface area contributed by atoms with Crippen molar-refractivity contribution in [1.29, 1.82) is 0 Å². The lowest BCUT2D eigenvalue weighted by Crippen LogP contribution is -2.05. The van der Waals surface area contributed by atoms with Gasteiger partial charge >= 0.3 is 0 Å². The molecule has 0 saturated carbocycles. The summed E-state index contributed by atoms with van der Waals surface area (Å²) in [4.78, 5) is 0. The average Bonchev–Trinajstić information content (AvgIpc) is 2.71. The van der Waals surface area contributed by atoms with Crippen LogP contribution in [0, 0.1) is 6.92 Å². The molecule has 3 aromatic carbocycles. The predicted octanol–water partition coefficient (Wildman–Crippen LogP) is 7.17. The Hall–Kier alpha value is -1.90. The molecule has 0 radical (unpaired) electrons. The van der Waals surface area contributed by atoms with Crippen molar-refractivity contribution in [1.82, 2.24) is 0 Å². The molecule has 0 heterocycles. The molecule has 0 aliphatic rings. The lowest BCUT2D eigenvalue weighted by Gasteiger charge is -2.23. The van der Waals surface area contributed by atoms with Gasteiger partial charge in [-0.3, -0.25) is 0 Å². The van der Waals surface area contributed by atoms with Gasteiger partial charge in [-0.2, -0.15) is 12.6 Å². The van der Waals surface area contributed by atoms with Crippen LogP contribution < -0.4 is 4.74 Å². The molecule has 0 fully saturated rings. The number of thiol groups is 1. The Bertz CT molecular complexity index is 892. The molecule has 3 heteroatoms. The van der Waals surface area contributed by atoms with E-state index in [1.165, 1.54) is 11.1 Å². The Labute approximate surface area is 172 Å². The van der Waals surface area contributed by atoms with E-state index in [-0.39, 0.29) is 5.92 Å². The van der Waals surface area contributed by atoms with E-state index in [1.807, 2.05) is 19.1 Å². The summed E-state index contributed by atoms with van der Waals surface area (Å²) in [6.45, 7) is 2.02. The minimum Gasteiger partial charge on any atom is -0.496 e. The highest BCUT2D eigenvalue weighted by Gasteiger charge is 2.21. The van der Waals surface area contributed by atoms with Gasteiger partial charge in [0.1, 0.15) is 5.75 Å². The fourth-order valence-corrected chi connectivity index (χ4v) is 3.91. The third kappa shape index (κ3) is 4.51. The number of ether oxygens (including phenoxy) is 1. The highest BCUT2D eigenvalue weighted by Crippen LogP contribution is 2.42. The number of hydrogen-bond acceptors (Lipinski definition) is 2. The maximum atomic E-state index is 6.44. The second kappa shape index (κ2) is 9.34. The molecule has 0 N–H and O–H groups in total. The lowest BCUT2D eigenvalue weighted by atomic mass is 9.83. The molecule has 0 aliphatic heterocycles. The van der Waals surface area contributed by atoms with Crippen molar-refractivity contribution in [2.45, 2.75) is 25.7 Å². The fourth-order valence-electron chi connectivity index (χ4n) is 3.55. The van der Waals surface area contributed by atoms with Crippen LogP contribution in [0.5, 0.6) is 5.75 Å². The molecule has 0 bridgehead atoms. The smallest absolute Gasteiger partial charge is 0.126 e. The van der Waals surface area contributed by atoms with Crippen molar-refractivity contribution in [3.63, 3.8) is 0 Å². The first-order valence-corrected chi connectivity index (χ1v) is 10.3. The Morgan fingerprint density at radius 2 is 1.78 bits per heavy atom. The van der Waals surface area contributed by atoms with E-state index in [2.05, 4.69) is 67.2 Å². The molecule has 3 aromatic rings. The van der Waals surface area contributed by atoms with Crippen LogP contribution in [0.2, 0.25) is 5.02 Å². The van der Waals surface area contributed by atoms with E-state index < -0.39 is 0 Å². The average molecular weight is 397 g/mol. The van der Waals surface area contributed by atoms with Crippen molar-refractivity contribution in [2.75, 3.05) is 12.9 Å². The molecule has 140 valence electrons. The molecule has 0 aromatic heterocycles. The molecule has 0 saturated heterocycles. The van der Waals surface area contributed by atoms with Gasteiger partial charge in [-0.25, -0.2) is 0 Å². The summed E-state index contributed by atoms with van der Waals surface area (Å²) in [5, 5.41) is 0.774. The number of rotatable bonds is 7. The molecule has 1 atom stereocenters. The van der Waals surface area contributed by atoms with Gasteiger partial charge in [0.05, 0.1) is 7.11 Å². The number of halogens is 1. The highest BCUT2D eigenvalue weighted by atomic mass is 35.5. The zero-order chi connectivity index (χ0) is 19.2. The van der Waals surface area contributed by atoms with Gasteiger partial charge in [0, 0.05) is 16.5 Å². The highest BCUT2D eigenvalue weighted by molar-refractivity contribution is 7.80. The summed E-state index contributed by atoms with van der Waals surface area (Å²) in [6, 6.07) is 23.2. The second-order valence-electron chi connectivity index (χ2n) is 6.72. The van der Waals surface area contributed by atoms with Gasteiger partial charge in [-0.1, -0.05) is 66.2 Å². The van der Waals surface area contributed by atoms with Crippen LogP contribution in [0.4, 0.5) is 0 Å². The lowest BCUT2D eigenvalue weighted by molar-refractivity contribution is 0.415. The first-order chi connectivity index (χ1) is 13.2. The van der Waals surface area contributed by atoms with E-state index in [9.17, 15) is 0 Å². The summed E-state index contributed by atoms with van der Waals surface area (Å²) in [5.41, 5.74) is 5.86.